The van der Waals surface area contributed by atoms with Crippen LogP contribution in [0, 0.1) is 0 Å². The van der Waals surface area contributed by atoms with Crippen molar-refractivity contribution in [1.82, 2.24) is 24.7 Å². The summed E-state index contributed by atoms with van der Waals surface area (Å²) in [6.45, 7) is 8.51. The molecule has 0 aliphatic carbocycles. The van der Waals surface area contributed by atoms with Gasteiger partial charge in [0.25, 0.3) is 0 Å². The fraction of sp³-hybridized carbons (Fsp3) is 0.769. The van der Waals surface area contributed by atoms with E-state index in [4.69, 9.17) is 0 Å². The largest absolute Gasteiger partial charge is 0.315 e. The van der Waals surface area contributed by atoms with Crippen molar-refractivity contribution in [2.75, 3.05) is 39.8 Å². The summed E-state index contributed by atoms with van der Waals surface area (Å²) in [5.74, 6) is 0. The summed E-state index contributed by atoms with van der Waals surface area (Å²) in [4.78, 5) is 2.27. The fourth-order valence-electron chi connectivity index (χ4n) is 1.71. The smallest absolute Gasteiger partial charge is 0.243 e. The number of rotatable bonds is 11. The van der Waals surface area contributed by atoms with Gasteiger partial charge in [0, 0.05) is 25.8 Å². The molecule has 0 radical (unpaired) electrons. The molecule has 0 aliphatic rings. The first-order valence-corrected chi connectivity index (χ1v) is 8.89. The molecule has 0 amide bonds. The number of nitrogens with one attached hydrogen (secondary N) is 2. The Kier molecular flexibility index (Phi) is 7.87. The molecular formula is C13H27N5O2S. The quantitative estimate of drug-likeness (QED) is 0.567. The predicted octanol–water partition coefficient (Wildman–Crippen LogP) is 0.113. The molecule has 8 heteroatoms. The molecule has 1 rings (SSSR count). The van der Waals surface area contributed by atoms with Gasteiger partial charge >= 0.3 is 0 Å². The first-order valence-electron chi connectivity index (χ1n) is 7.41. The Balaban J connectivity index is 2.46. The van der Waals surface area contributed by atoms with E-state index in [1.807, 2.05) is 18.9 Å². The molecule has 1 heterocycles. The minimum Gasteiger partial charge on any atom is -0.315 e. The van der Waals surface area contributed by atoms with Crippen LogP contribution in [0.15, 0.2) is 17.3 Å². The second-order valence-corrected chi connectivity index (χ2v) is 6.75. The Morgan fingerprint density at radius 1 is 1.29 bits per heavy atom. The third-order valence-electron chi connectivity index (χ3n) is 3.19. The van der Waals surface area contributed by atoms with Crippen molar-refractivity contribution in [3.8, 4) is 0 Å². The molecule has 21 heavy (non-hydrogen) atoms. The second kappa shape index (κ2) is 9.14. The third kappa shape index (κ3) is 6.56. The summed E-state index contributed by atoms with van der Waals surface area (Å²) in [6, 6.07) is 0. The van der Waals surface area contributed by atoms with E-state index < -0.39 is 10.0 Å². The molecule has 0 aromatic carbocycles. The van der Waals surface area contributed by atoms with Gasteiger partial charge in [0.1, 0.15) is 4.90 Å². The lowest BCUT2D eigenvalue weighted by atomic mass is 10.5. The topological polar surface area (TPSA) is 79.3 Å². The van der Waals surface area contributed by atoms with E-state index in [1.165, 1.54) is 6.20 Å². The lowest BCUT2D eigenvalue weighted by Crippen LogP contribution is -2.32. The minimum absolute atomic E-state index is 0.220. The maximum absolute atomic E-state index is 12.1. The molecule has 0 atom stereocenters. The number of nitrogens with zero attached hydrogens (tertiary/aromatic N) is 3. The first-order chi connectivity index (χ1) is 9.99. The molecule has 1 aromatic rings. The monoisotopic (exact) mass is 317 g/mol. The molecule has 0 spiro atoms. The summed E-state index contributed by atoms with van der Waals surface area (Å²) in [7, 11) is -1.51. The standard InChI is InChI=1S/C13H27N5O2S/c1-4-6-14-7-10-18-12-13(11-15-18)21(19,20)16-8-9-17(3)5-2/h11-12,14,16H,4-10H2,1-3H3. The van der Waals surface area contributed by atoms with Crippen LogP contribution in [0.3, 0.4) is 0 Å². The zero-order valence-electron chi connectivity index (χ0n) is 13.2. The van der Waals surface area contributed by atoms with Crippen molar-refractivity contribution in [2.24, 2.45) is 0 Å². The van der Waals surface area contributed by atoms with Gasteiger partial charge in [-0.25, -0.2) is 13.1 Å². The summed E-state index contributed by atoms with van der Waals surface area (Å²) in [5.41, 5.74) is 0. The molecule has 0 bridgehead atoms. The highest BCUT2D eigenvalue weighted by molar-refractivity contribution is 7.89. The maximum Gasteiger partial charge on any atom is 0.243 e. The average molecular weight is 317 g/mol. The van der Waals surface area contributed by atoms with Gasteiger partial charge in [-0.2, -0.15) is 5.10 Å². The molecule has 7 nitrogen and oxygen atoms in total. The van der Waals surface area contributed by atoms with Crippen LogP contribution in [-0.4, -0.2) is 62.9 Å². The van der Waals surface area contributed by atoms with Gasteiger partial charge in [-0.3, -0.25) is 4.68 Å². The van der Waals surface area contributed by atoms with E-state index in [9.17, 15) is 8.42 Å². The van der Waals surface area contributed by atoms with Crippen molar-refractivity contribution >= 4 is 10.0 Å². The Bertz CT molecular complexity index is 500. The van der Waals surface area contributed by atoms with E-state index in [2.05, 4.69) is 22.1 Å². The molecule has 0 unspecified atom stereocenters. The van der Waals surface area contributed by atoms with Crippen LogP contribution < -0.4 is 10.0 Å². The van der Waals surface area contributed by atoms with Crippen molar-refractivity contribution in [3.63, 3.8) is 0 Å². The predicted molar refractivity (Wildman–Crippen MR) is 83.7 cm³/mol. The van der Waals surface area contributed by atoms with Crippen LogP contribution in [0.25, 0.3) is 0 Å². The number of hydrogen-bond acceptors (Lipinski definition) is 5. The Morgan fingerprint density at radius 3 is 2.71 bits per heavy atom. The molecule has 0 fully saturated rings. The van der Waals surface area contributed by atoms with Gasteiger partial charge in [0.15, 0.2) is 0 Å². The van der Waals surface area contributed by atoms with Crippen molar-refractivity contribution in [3.05, 3.63) is 12.4 Å². The van der Waals surface area contributed by atoms with Gasteiger partial charge in [-0.15, -0.1) is 0 Å². The normalized spacial score (nSPS) is 12.2. The van der Waals surface area contributed by atoms with Crippen LogP contribution in [0.5, 0.6) is 0 Å². The minimum atomic E-state index is -3.46. The van der Waals surface area contributed by atoms with Crippen molar-refractivity contribution in [2.45, 2.75) is 31.7 Å². The number of sulfonamides is 1. The molecule has 1 aromatic heterocycles. The van der Waals surface area contributed by atoms with Gasteiger partial charge in [-0.1, -0.05) is 13.8 Å². The van der Waals surface area contributed by atoms with E-state index in [-0.39, 0.29) is 4.90 Å². The van der Waals surface area contributed by atoms with E-state index >= 15 is 0 Å². The molecule has 122 valence electrons. The molecule has 2 N–H and O–H groups in total. The summed E-state index contributed by atoms with van der Waals surface area (Å²) in [5, 5.41) is 7.34. The zero-order valence-corrected chi connectivity index (χ0v) is 14.0. The Labute approximate surface area is 127 Å². The summed E-state index contributed by atoms with van der Waals surface area (Å²) in [6.07, 6.45) is 4.04. The first kappa shape index (κ1) is 18.1. The highest BCUT2D eigenvalue weighted by Gasteiger charge is 2.15. The summed E-state index contributed by atoms with van der Waals surface area (Å²) >= 11 is 0. The molecule has 0 saturated carbocycles. The van der Waals surface area contributed by atoms with Gasteiger partial charge in [0.2, 0.25) is 10.0 Å². The highest BCUT2D eigenvalue weighted by atomic mass is 32.2. The summed E-state index contributed by atoms with van der Waals surface area (Å²) < 4.78 is 28.4. The van der Waals surface area contributed by atoms with Crippen molar-refractivity contribution < 1.29 is 8.42 Å². The van der Waals surface area contributed by atoms with Crippen LogP contribution in [-0.2, 0) is 16.6 Å². The third-order valence-corrected chi connectivity index (χ3v) is 4.61. The van der Waals surface area contributed by atoms with Crippen LogP contribution in [0.4, 0.5) is 0 Å². The fourth-order valence-corrected chi connectivity index (χ4v) is 2.69. The second-order valence-electron chi connectivity index (χ2n) is 4.98. The number of likely N-dealkylation sites (N-methyl/N-ethyl adjacent to an activating group) is 1. The highest BCUT2D eigenvalue weighted by Crippen LogP contribution is 2.06. The molecule has 0 aliphatic heterocycles. The molecular weight excluding hydrogens is 290 g/mol. The lowest BCUT2D eigenvalue weighted by Gasteiger charge is -2.13. The lowest BCUT2D eigenvalue weighted by molar-refractivity contribution is 0.358. The van der Waals surface area contributed by atoms with E-state index in [1.54, 1.807) is 10.9 Å². The van der Waals surface area contributed by atoms with Gasteiger partial charge < -0.3 is 10.2 Å². The number of hydrogen-bond donors (Lipinski definition) is 2. The van der Waals surface area contributed by atoms with Crippen molar-refractivity contribution in [1.29, 1.82) is 0 Å². The van der Waals surface area contributed by atoms with Gasteiger partial charge in [0.05, 0.1) is 12.7 Å². The maximum atomic E-state index is 12.1. The number of aromatic nitrogens is 2. The SMILES string of the molecule is CCCNCCn1cc(S(=O)(=O)NCCN(C)CC)cn1. The van der Waals surface area contributed by atoms with Gasteiger partial charge in [-0.05, 0) is 26.6 Å². The van der Waals surface area contributed by atoms with Crippen LogP contribution >= 0.6 is 0 Å². The van der Waals surface area contributed by atoms with Crippen LogP contribution in [0.1, 0.15) is 20.3 Å². The Morgan fingerprint density at radius 2 is 2.05 bits per heavy atom. The zero-order chi connectivity index (χ0) is 15.7. The Hall–Kier alpha value is -0.960. The van der Waals surface area contributed by atoms with E-state index in [0.29, 0.717) is 19.6 Å². The van der Waals surface area contributed by atoms with E-state index in [0.717, 1.165) is 26.1 Å². The van der Waals surface area contributed by atoms with Crippen LogP contribution in [0.2, 0.25) is 0 Å². The molecule has 0 saturated heterocycles. The average Bonchev–Trinajstić information content (AvgIpc) is 2.93.